The summed E-state index contributed by atoms with van der Waals surface area (Å²) in [5, 5.41) is 10.4. The molecule has 1 aliphatic heterocycles. The average molecular weight is 415 g/mol. The van der Waals surface area contributed by atoms with E-state index in [1.807, 2.05) is 31.2 Å². The van der Waals surface area contributed by atoms with E-state index in [2.05, 4.69) is 34.7 Å². The van der Waals surface area contributed by atoms with E-state index in [0.29, 0.717) is 25.7 Å². The Hall–Kier alpha value is -2.22. The van der Waals surface area contributed by atoms with Gasteiger partial charge in [-0.2, -0.15) is 0 Å². The largest absolute Gasteiger partial charge is 0.497 e. The van der Waals surface area contributed by atoms with Crippen molar-refractivity contribution in [1.29, 1.82) is 0 Å². The summed E-state index contributed by atoms with van der Waals surface area (Å²) in [4.78, 5) is 13.9. The molecule has 1 unspecified atom stereocenters. The Morgan fingerprint density at radius 2 is 1.77 bits per heavy atom. The summed E-state index contributed by atoms with van der Waals surface area (Å²) in [5.74, 6) is 3.06. The molecule has 0 spiro atoms. The molecule has 1 N–H and O–H groups in total. The van der Waals surface area contributed by atoms with Gasteiger partial charge in [0, 0.05) is 50.4 Å². The number of aliphatic hydroxyl groups excluding tert-OH is 1. The topological polar surface area (TPSA) is 71.0 Å². The molecule has 30 heavy (non-hydrogen) atoms. The van der Waals surface area contributed by atoms with E-state index in [1.165, 1.54) is 0 Å². The first-order chi connectivity index (χ1) is 14.4. The predicted molar refractivity (Wildman–Crippen MR) is 118 cm³/mol. The molecule has 0 saturated carbocycles. The van der Waals surface area contributed by atoms with Crippen molar-refractivity contribution in [3.05, 3.63) is 47.4 Å². The van der Waals surface area contributed by atoms with Gasteiger partial charge in [0.25, 0.3) is 0 Å². The number of aryl methyl sites for hydroxylation is 1. The molecule has 7 nitrogen and oxygen atoms in total. The van der Waals surface area contributed by atoms with Crippen LogP contribution in [0.1, 0.15) is 36.8 Å². The van der Waals surface area contributed by atoms with Crippen molar-refractivity contribution in [1.82, 2.24) is 14.9 Å². The highest BCUT2D eigenvalue weighted by Crippen LogP contribution is 2.19. The van der Waals surface area contributed by atoms with Crippen molar-refractivity contribution >= 4 is 5.82 Å². The number of β-amino-alcohol motifs (C(OH)–C–C–N with tert-alkyl or cyclic N) is 1. The van der Waals surface area contributed by atoms with Crippen molar-refractivity contribution in [2.45, 2.75) is 39.4 Å². The second-order valence-electron chi connectivity index (χ2n) is 8.19. The molecule has 1 fully saturated rings. The molecule has 1 aliphatic rings. The van der Waals surface area contributed by atoms with Crippen molar-refractivity contribution in [3.63, 3.8) is 0 Å². The van der Waals surface area contributed by atoms with Crippen LogP contribution in [0.15, 0.2) is 30.3 Å². The molecule has 0 bridgehead atoms. The quantitative estimate of drug-likeness (QED) is 0.676. The molecule has 0 amide bonds. The Balaban J connectivity index is 1.40. The summed E-state index contributed by atoms with van der Waals surface area (Å²) in [6.07, 6.45) is -0.497. The van der Waals surface area contributed by atoms with E-state index >= 15 is 0 Å². The van der Waals surface area contributed by atoms with Crippen LogP contribution in [0.2, 0.25) is 0 Å². The lowest BCUT2D eigenvalue weighted by Gasteiger charge is -2.36. The van der Waals surface area contributed by atoms with Crippen LogP contribution < -0.4 is 9.64 Å². The van der Waals surface area contributed by atoms with Crippen LogP contribution in [0.4, 0.5) is 5.82 Å². The number of piperazine rings is 1. The number of rotatable bonds is 9. The number of methoxy groups -OCH3 is 1. The maximum absolute atomic E-state index is 10.4. The fraction of sp³-hybridized carbons (Fsp3) is 0.565. The van der Waals surface area contributed by atoms with Crippen molar-refractivity contribution in [3.8, 4) is 5.75 Å². The number of nitrogens with zero attached hydrogens (tertiary/aromatic N) is 4. The molecule has 164 valence electrons. The van der Waals surface area contributed by atoms with Gasteiger partial charge in [0.15, 0.2) is 0 Å². The number of anilines is 1. The molecule has 2 heterocycles. The second-order valence-corrected chi connectivity index (χ2v) is 8.19. The molecule has 1 aromatic heterocycles. The minimum absolute atomic E-state index is 0.318. The maximum atomic E-state index is 10.4. The highest BCUT2D eigenvalue weighted by Gasteiger charge is 2.21. The first-order valence-electron chi connectivity index (χ1n) is 10.7. The zero-order valence-electron chi connectivity index (χ0n) is 18.5. The Morgan fingerprint density at radius 1 is 1.07 bits per heavy atom. The average Bonchev–Trinajstić information content (AvgIpc) is 2.74. The molecule has 1 saturated heterocycles. The summed E-state index contributed by atoms with van der Waals surface area (Å²) in [7, 11) is 1.65. The number of hydrogen-bond donors (Lipinski definition) is 1. The lowest BCUT2D eigenvalue weighted by Crippen LogP contribution is -2.49. The first-order valence-corrected chi connectivity index (χ1v) is 10.7. The molecular weight excluding hydrogens is 380 g/mol. The van der Waals surface area contributed by atoms with Crippen molar-refractivity contribution in [2.24, 2.45) is 0 Å². The standard InChI is InChI=1S/C23H34N4O3/c1-17(2)23-24-18(3)13-22(25-23)27-11-9-26(10-12-27)14-20(28)16-30-15-19-5-7-21(29-4)8-6-19/h5-8,13,17,20,28H,9-12,14-16H2,1-4H3. The molecular formula is C23H34N4O3. The highest BCUT2D eigenvalue weighted by atomic mass is 16.5. The fourth-order valence-corrected chi connectivity index (χ4v) is 3.54. The second kappa shape index (κ2) is 10.7. The van der Waals surface area contributed by atoms with Crippen LogP contribution in [-0.4, -0.2) is 72.5 Å². The summed E-state index contributed by atoms with van der Waals surface area (Å²) in [5.41, 5.74) is 2.08. The van der Waals surface area contributed by atoms with E-state index in [9.17, 15) is 5.11 Å². The molecule has 1 aromatic carbocycles. The Morgan fingerprint density at radius 3 is 2.40 bits per heavy atom. The van der Waals surface area contributed by atoms with Gasteiger partial charge >= 0.3 is 0 Å². The van der Waals surface area contributed by atoms with Gasteiger partial charge < -0.3 is 19.5 Å². The van der Waals surface area contributed by atoms with Gasteiger partial charge in [-0.1, -0.05) is 26.0 Å². The number of aliphatic hydroxyl groups is 1. The van der Waals surface area contributed by atoms with E-state index < -0.39 is 6.10 Å². The molecule has 7 heteroatoms. The molecule has 2 aromatic rings. The van der Waals surface area contributed by atoms with Crippen LogP contribution >= 0.6 is 0 Å². The summed E-state index contributed by atoms with van der Waals surface area (Å²) < 4.78 is 10.8. The van der Waals surface area contributed by atoms with Gasteiger partial charge in [-0.25, -0.2) is 9.97 Å². The summed E-state index contributed by atoms with van der Waals surface area (Å²) >= 11 is 0. The Kier molecular flexibility index (Phi) is 8.01. The van der Waals surface area contributed by atoms with E-state index in [1.54, 1.807) is 7.11 Å². The number of benzene rings is 1. The smallest absolute Gasteiger partial charge is 0.133 e. The van der Waals surface area contributed by atoms with Gasteiger partial charge in [-0.15, -0.1) is 0 Å². The third-order valence-electron chi connectivity index (χ3n) is 5.28. The number of hydrogen-bond acceptors (Lipinski definition) is 7. The minimum atomic E-state index is -0.497. The van der Waals surface area contributed by atoms with Crippen LogP contribution in [0.3, 0.4) is 0 Å². The van der Waals surface area contributed by atoms with Gasteiger partial charge in [-0.05, 0) is 24.6 Å². The Labute approximate surface area is 179 Å². The third kappa shape index (κ3) is 6.39. The van der Waals surface area contributed by atoms with Gasteiger partial charge in [0.2, 0.25) is 0 Å². The van der Waals surface area contributed by atoms with E-state index in [4.69, 9.17) is 14.5 Å². The highest BCUT2D eigenvalue weighted by molar-refractivity contribution is 5.40. The van der Waals surface area contributed by atoms with Crippen LogP contribution in [0, 0.1) is 6.92 Å². The predicted octanol–water partition coefficient (Wildman–Crippen LogP) is 2.62. The normalized spacial score (nSPS) is 16.1. The third-order valence-corrected chi connectivity index (χ3v) is 5.28. The zero-order valence-corrected chi connectivity index (χ0v) is 18.5. The SMILES string of the molecule is COc1ccc(COCC(O)CN2CCN(c3cc(C)nc(C(C)C)n3)CC2)cc1. The minimum Gasteiger partial charge on any atom is -0.497 e. The van der Waals surface area contributed by atoms with Crippen molar-refractivity contribution in [2.75, 3.05) is 51.3 Å². The van der Waals surface area contributed by atoms with Crippen molar-refractivity contribution < 1.29 is 14.6 Å². The lowest BCUT2D eigenvalue weighted by molar-refractivity contribution is 0.00911. The van der Waals surface area contributed by atoms with Gasteiger partial charge in [-0.3, -0.25) is 4.90 Å². The van der Waals surface area contributed by atoms with Gasteiger partial charge in [0.05, 0.1) is 26.4 Å². The Bertz CT molecular complexity index is 790. The summed E-state index contributed by atoms with van der Waals surface area (Å²) in [6, 6.07) is 9.84. The monoisotopic (exact) mass is 414 g/mol. The number of aromatic nitrogens is 2. The van der Waals surface area contributed by atoms with E-state index in [0.717, 1.165) is 54.8 Å². The van der Waals surface area contributed by atoms with Crippen LogP contribution in [-0.2, 0) is 11.3 Å². The summed E-state index contributed by atoms with van der Waals surface area (Å²) in [6.45, 7) is 11.3. The van der Waals surface area contributed by atoms with Gasteiger partial charge in [0.1, 0.15) is 17.4 Å². The lowest BCUT2D eigenvalue weighted by atomic mass is 10.2. The molecule has 0 aliphatic carbocycles. The van der Waals surface area contributed by atoms with Crippen LogP contribution in [0.5, 0.6) is 5.75 Å². The molecule has 3 rings (SSSR count). The molecule has 0 radical (unpaired) electrons. The first kappa shape index (κ1) is 22.5. The van der Waals surface area contributed by atoms with E-state index in [-0.39, 0.29) is 0 Å². The fourth-order valence-electron chi connectivity index (χ4n) is 3.54. The zero-order chi connectivity index (χ0) is 21.5. The van der Waals surface area contributed by atoms with Crippen LogP contribution in [0.25, 0.3) is 0 Å². The maximum Gasteiger partial charge on any atom is 0.133 e. The number of ether oxygens (including phenoxy) is 2. The molecule has 1 atom stereocenters.